The van der Waals surface area contributed by atoms with Crippen LogP contribution < -0.4 is 25.2 Å². The molecule has 4 aliphatic rings. The second-order valence-corrected chi connectivity index (χ2v) is 16.3. The molecule has 5 heterocycles. The summed E-state index contributed by atoms with van der Waals surface area (Å²) in [5.41, 5.74) is 0.916. The van der Waals surface area contributed by atoms with Gasteiger partial charge < -0.3 is 19.5 Å². The minimum atomic E-state index is -1.38. The second-order valence-electron chi connectivity index (χ2n) is 15.9. The number of carbonyl (C=O) groups is 3. The first-order valence-corrected chi connectivity index (χ1v) is 20.4. The summed E-state index contributed by atoms with van der Waals surface area (Å²) in [5, 5.41) is 24.5. The average molecular weight is 796 g/mol. The third kappa shape index (κ3) is 8.84. The predicted molar refractivity (Wildman–Crippen MR) is 214 cm³/mol. The summed E-state index contributed by atoms with van der Waals surface area (Å²) in [6.07, 6.45) is 8.52. The highest BCUT2D eigenvalue weighted by atomic mass is 35.5. The number of urea groups is 1. The van der Waals surface area contributed by atoms with Crippen LogP contribution in [0.3, 0.4) is 0 Å². The zero-order valence-corrected chi connectivity index (χ0v) is 32.6. The van der Waals surface area contributed by atoms with E-state index in [1.165, 1.54) is 0 Å². The SMILES string of the molecule is N#Cc1ccc(OC2CCC(NC(=O)c3ccc(N4CCC(CN5CCC[C@@](F)(Cn6ccc7c(N8CCC(=O)NC8=O)cccc76)C5)CC4)nn3)CC2)cc1Cl. The number of amides is 4. The van der Waals surface area contributed by atoms with E-state index in [-0.39, 0.29) is 36.9 Å². The number of benzene rings is 2. The topological polar surface area (TPSA) is 149 Å². The molecule has 8 rings (SSSR count). The summed E-state index contributed by atoms with van der Waals surface area (Å²) in [4.78, 5) is 43.4. The lowest BCUT2D eigenvalue weighted by atomic mass is 9.91. The Morgan fingerprint density at radius 2 is 1.84 bits per heavy atom. The number of hydrogen-bond acceptors (Lipinski definition) is 9. The Bertz CT molecular complexity index is 2160. The molecular formula is C42H47ClFN9O4. The van der Waals surface area contributed by atoms with Crippen molar-refractivity contribution in [3.63, 3.8) is 0 Å². The van der Waals surface area contributed by atoms with Gasteiger partial charge in [-0.2, -0.15) is 5.26 Å². The number of nitrogens with zero attached hydrogens (tertiary/aromatic N) is 7. The maximum atomic E-state index is 16.6. The summed E-state index contributed by atoms with van der Waals surface area (Å²) in [6, 6.07) is 18.0. The number of ether oxygens (including phenoxy) is 1. The number of fused-ring (bicyclic) bond motifs is 1. The first-order valence-electron chi connectivity index (χ1n) is 20.0. The summed E-state index contributed by atoms with van der Waals surface area (Å²) < 4.78 is 24.7. The van der Waals surface area contributed by atoms with Gasteiger partial charge in [0.15, 0.2) is 11.5 Å². The number of imide groups is 1. The number of anilines is 2. The van der Waals surface area contributed by atoms with Crippen molar-refractivity contribution in [1.82, 2.24) is 30.3 Å². The smallest absolute Gasteiger partial charge is 0.328 e. The molecule has 4 aromatic rings. The Kier molecular flexibility index (Phi) is 11.3. The Morgan fingerprint density at radius 1 is 1.02 bits per heavy atom. The van der Waals surface area contributed by atoms with E-state index in [9.17, 15) is 14.4 Å². The van der Waals surface area contributed by atoms with Crippen molar-refractivity contribution in [3.05, 3.63) is 77.1 Å². The molecule has 1 saturated carbocycles. The molecule has 4 fully saturated rings. The third-order valence-electron chi connectivity index (χ3n) is 11.9. The number of nitriles is 1. The molecule has 2 aromatic carbocycles. The number of hydrogen-bond donors (Lipinski definition) is 2. The van der Waals surface area contributed by atoms with Gasteiger partial charge in [0.25, 0.3) is 5.91 Å². The summed E-state index contributed by atoms with van der Waals surface area (Å²) >= 11 is 6.15. The molecule has 3 saturated heterocycles. The van der Waals surface area contributed by atoms with Crippen molar-refractivity contribution in [2.75, 3.05) is 49.1 Å². The van der Waals surface area contributed by atoms with Gasteiger partial charge in [-0.3, -0.25) is 24.7 Å². The lowest BCUT2D eigenvalue weighted by Gasteiger charge is -2.41. The minimum absolute atomic E-state index is 0.0164. The Labute approximate surface area is 336 Å². The van der Waals surface area contributed by atoms with Gasteiger partial charge in [-0.1, -0.05) is 17.7 Å². The normalized spacial score (nSPS) is 23.6. The van der Waals surface area contributed by atoms with Gasteiger partial charge in [-0.15, -0.1) is 10.2 Å². The van der Waals surface area contributed by atoms with E-state index in [1.807, 2.05) is 41.1 Å². The van der Waals surface area contributed by atoms with Crippen LogP contribution in [0.2, 0.25) is 5.02 Å². The van der Waals surface area contributed by atoms with Crippen molar-refractivity contribution in [1.29, 1.82) is 5.26 Å². The fraction of sp³-hybridized carbons (Fsp3) is 0.476. The van der Waals surface area contributed by atoms with Crippen LogP contribution in [0.5, 0.6) is 5.75 Å². The van der Waals surface area contributed by atoms with Crippen molar-refractivity contribution in [2.45, 2.75) is 82.1 Å². The molecule has 13 nitrogen and oxygen atoms in total. The molecule has 57 heavy (non-hydrogen) atoms. The number of piperidine rings is 2. The monoisotopic (exact) mass is 795 g/mol. The van der Waals surface area contributed by atoms with Gasteiger partial charge in [0, 0.05) is 62.8 Å². The molecule has 0 radical (unpaired) electrons. The van der Waals surface area contributed by atoms with Gasteiger partial charge >= 0.3 is 6.03 Å². The van der Waals surface area contributed by atoms with Gasteiger partial charge in [-0.25, -0.2) is 9.18 Å². The van der Waals surface area contributed by atoms with E-state index in [2.05, 4.69) is 36.7 Å². The number of halogens is 2. The first-order chi connectivity index (χ1) is 27.6. The average Bonchev–Trinajstić information content (AvgIpc) is 3.61. The van der Waals surface area contributed by atoms with Crippen LogP contribution in [0.4, 0.5) is 20.7 Å². The molecule has 0 bridgehead atoms. The van der Waals surface area contributed by atoms with Crippen molar-refractivity contribution >= 4 is 51.9 Å². The first kappa shape index (κ1) is 38.6. The molecule has 15 heteroatoms. The number of nitrogens with one attached hydrogen (secondary N) is 2. The highest BCUT2D eigenvalue weighted by Gasteiger charge is 2.37. The van der Waals surface area contributed by atoms with Crippen LogP contribution in [0.25, 0.3) is 10.9 Å². The number of rotatable bonds is 10. The van der Waals surface area contributed by atoms with E-state index in [1.54, 1.807) is 29.2 Å². The number of alkyl halides is 1. The molecule has 2 N–H and O–H groups in total. The molecule has 3 aliphatic heterocycles. The largest absolute Gasteiger partial charge is 0.490 e. The molecule has 1 atom stereocenters. The molecule has 0 spiro atoms. The van der Waals surface area contributed by atoms with Gasteiger partial charge in [0.05, 0.1) is 34.4 Å². The maximum Gasteiger partial charge on any atom is 0.328 e. The zero-order chi connectivity index (χ0) is 39.5. The second kappa shape index (κ2) is 16.7. The van der Waals surface area contributed by atoms with Crippen LogP contribution >= 0.6 is 11.6 Å². The van der Waals surface area contributed by atoms with E-state index in [0.29, 0.717) is 47.5 Å². The Balaban J connectivity index is 0.784. The lowest BCUT2D eigenvalue weighted by Crippen LogP contribution is -2.50. The molecule has 1 aliphatic carbocycles. The summed E-state index contributed by atoms with van der Waals surface area (Å²) in [5.74, 6) is 1.33. The fourth-order valence-corrected chi connectivity index (χ4v) is 9.12. The van der Waals surface area contributed by atoms with E-state index in [4.69, 9.17) is 21.6 Å². The highest BCUT2D eigenvalue weighted by molar-refractivity contribution is 6.31. The predicted octanol–water partition coefficient (Wildman–Crippen LogP) is 6.24. The maximum absolute atomic E-state index is 16.6. The number of carbonyl (C=O) groups excluding carboxylic acids is 3. The number of likely N-dealkylation sites (tertiary alicyclic amines) is 1. The quantitative estimate of drug-likeness (QED) is 0.190. The molecule has 2 aromatic heterocycles. The van der Waals surface area contributed by atoms with Gasteiger partial charge in [-0.05, 0) is 106 Å². The van der Waals surface area contributed by atoms with Crippen molar-refractivity contribution in [2.24, 2.45) is 5.92 Å². The summed E-state index contributed by atoms with van der Waals surface area (Å²) in [6.45, 7) is 4.29. The highest BCUT2D eigenvalue weighted by Crippen LogP contribution is 2.34. The van der Waals surface area contributed by atoms with Gasteiger partial charge in [0.1, 0.15) is 17.5 Å². The van der Waals surface area contributed by atoms with Crippen LogP contribution in [0.1, 0.15) is 73.8 Å². The van der Waals surface area contributed by atoms with Crippen LogP contribution in [-0.2, 0) is 11.3 Å². The summed E-state index contributed by atoms with van der Waals surface area (Å²) in [7, 11) is 0. The standard InChI is InChI=1S/C42H47ClFN9O4/c43-34-23-32(8-5-29(34)24-45)57-31-9-6-30(7-10-31)46-40(55)35-11-12-38(49-48-35)51-19-13-28(14-20-51)25-50-18-2-17-42(44,26-50)27-52-21-15-33-36(52)3-1-4-37(33)53-22-16-39(54)47-41(53)56/h1,3-5,8,11-12,15,21,23,28,30-31H,2,6-7,9-10,13-14,16-20,22,25-27H2,(H,46,55)(H,47,54,56)/t30?,31?,42-/m0/s1. The van der Waals surface area contributed by atoms with Gasteiger partial charge in [0.2, 0.25) is 5.91 Å². The molecular weight excluding hydrogens is 749 g/mol. The Hall–Kier alpha value is -5.26. The number of aromatic nitrogens is 3. The van der Waals surface area contributed by atoms with E-state index in [0.717, 1.165) is 93.5 Å². The van der Waals surface area contributed by atoms with E-state index < -0.39 is 11.7 Å². The van der Waals surface area contributed by atoms with E-state index >= 15 is 4.39 Å². The van der Waals surface area contributed by atoms with Crippen LogP contribution in [0.15, 0.2) is 60.8 Å². The van der Waals surface area contributed by atoms with Crippen LogP contribution in [-0.4, -0.2) is 94.6 Å². The molecule has 4 amide bonds. The zero-order valence-electron chi connectivity index (χ0n) is 31.8. The minimum Gasteiger partial charge on any atom is -0.490 e. The molecule has 0 unspecified atom stereocenters. The van der Waals surface area contributed by atoms with Crippen LogP contribution in [0, 0.1) is 17.2 Å². The third-order valence-corrected chi connectivity index (χ3v) is 12.2. The Morgan fingerprint density at radius 3 is 2.58 bits per heavy atom. The molecule has 298 valence electrons. The lowest BCUT2D eigenvalue weighted by molar-refractivity contribution is -0.120. The van der Waals surface area contributed by atoms with Crippen molar-refractivity contribution in [3.8, 4) is 11.8 Å². The van der Waals surface area contributed by atoms with Crippen molar-refractivity contribution < 1.29 is 23.5 Å². The fourth-order valence-electron chi connectivity index (χ4n) is 8.90.